The number of hydrogen-bond acceptors (Lipinski definition) is 6. The molecule has 10 heavy (non-hydrogen) atoms. The van der Waals surface area contributed by atoms with E-state index in [-0.39, 0.29) is 0 Å². The summed E-state index contributed by atoms with van der Waals surface area (Å²) in [6, 6.07) is 0. The molecule has 0 spiro atoms. The summed E-state index contributed by atoms with van der Waals surface area (Å²) in [6.07, 6.45) is 2.83. The fraction of sp³-hybridized carbons (Fsp3) is 0. The van der Waals surface area contributed by atoms with Gasteiger partial charge in [0.1, 0.15) is 12.7 Å². The minimum Gasteiger partial charge on any atom is -0.356 e. The van der Waals surface area contributed by atoms with E-state index in [0.29, 0.717) is 0 Å². The maximum Gasteiger partial charge on any atom is 0.138 e. The molecular formula is C2H4N5O3-. The van der Waals surface area contributed by atoms with Crippen LogP contribution in [-0.4, -0.2) is 20.0 Å². The summed E-state index contributed by atoms with van der Waals surface area (Å²) in [5.74, 6) is 5.07. The van der Waals surface area contributed by atoms with Crippen molar-refractivity contribution in [1.29, 1.82) is 0 Å². The molecule has 1 aromatic heterocycles. The third-order valence-electron chi connectivity index (χ3n) is 0.437. The average Bonchev–Trinajstić information content (AvgIpc) is 2.15. The third-order valence-corrected chi connectivity index (χ3v) is 0.437. The van der Waals surface area contributed by atoms with Crippen LogP contribution in [0.5, 0.6) is 0 Å². The summed E-state index contributed by atoms with van der Waals surface area (Å²) in [6.45, 7) is 0. The first-order chi connectivity index (χ1) is 4.63. The minimum atomic E-state index is -1.75. The number of nitrogen functional groups attached to an aromatic ring is 1. The van der Waals surface area contributed by atoms with E-state index in [1.54, 1.807) is 0 Å². The van der Waals surface area contributed by atoms with Gasteiger partial charge < -0.3 is 21.2 Å². The zero-order valence-corrected chi connectivity index (χ0v) is 4.75. The van der Waals surface area contributed by atoms with Crippen LogP contribution in [0.4, 0.5) is 0 Å². The number of rotatable bonds is 0. The molecule has 0 amide bonds. The van der Waals surface area contributed by atoms with Crippen molar-refractivity contribution < 1.29 is 5.09 Å². The quantitative estimate of drug-likeness (QED) is 0.277. The Morgan fingerprint density at radius 2 is 1.70 bits per heavy atom. The van der Waals surface area contributed by atoms with Gasteiger partial charge in [-0.15, -0.1) is 10.2 Å². The second kappa shape index (κ2) is 4.06. The Bertz CT molecular complexity index is 179. The molecule has 1 rings (SSSR count). The van der Waals surface area contributed by atoms with Gasteiger partial charge in [-0.2, -0.15) is 0 Å². The first-order valence-electron chi connectivity index (χ1n) is 2.04. The molecule has 0 aliphatic heterocycles. The van der Waals surface area contributed by atoms with Crippen molar-refractivity contribution in [3.8, 4) is 0 Å². The van der Waals surface area contributed by atoms with Crippen molar-refractivity contribution in [3.63, 3.8) is 0 Å². The van der Waals surface area contributed by atoms with Crippen molar-refractivity contribution in [2.24, 2.45) is 0 Å². The lowest BCUT2D eigenvalue weighted by atomic mass is 11.3. The van der Waals surface area contributed by atoms with Gasteiger partial charge >= 0.3 is 0 Å². The SMILES string of the molecule is Nn1cnnc1.O=[N+]([O-])[O-]. The summed E-state index contributed by atoms with van der Waals surface area (Å²) in [7, 11) is 0. The lowest BCUT2D eigenvalue weighted by Crippen LogP contribution is -2.02. The topological polar surface area (TPSA) is 123 Å². The summed E-state index contributed by atoms with van der Waals surface area (Å²) in [5.41, 5.74) is 0. The highest BCUT2D eigenvalue weighted by molar-refractivity contribution is 4.55. The molecule has 56 valence electrons. The van der Waals surface area contributed by atoms with Crippen LogP contribution in [0.2, 0.25) is 0 Å². The van der Waals surface area contributed by atoms with Crippen LogP contribution in [-0.2, 0) is 0 Å². The smallest absolute Gasteiger partial charge is 0.138 e. The van der Waals surface area contributed by atoms with Gasteiger partial charge in [-0.3, -0.25) is 0 Å². The van der Waals surface area contributed by atoms with Gasteiger partial charge in [0.25, 0.3) is 0 Å². The van der Waals surface area contributed by atoms with Crippen molar-refractivity contribution >= 4 is 0 Å². The zero-order chi connectivity index (χ0) is 7.98. The highest BCUT2D eigenvalue weighted by Gasteiger charge is 1.71. The third kappa shape index (κ3) is 6.14. The predicted octanol–water partition coefficient (Wildman–Crippen LogP) is -1.25. The molecule has 0 atom stereocenters. The monoisotopic (exact) mass is 146 g/mol. The van der Waals surface area contributed by atoms with E-state index in [9.17, 15) is 0 Å². The fourth-order valence-corrected chi connectivity index (χ4v) is 0.209. The molecule has 0 radical (unpaired) electrons. The van der Waals surface area contributed by atoms with Gasteiger partial charge in [0.15, 0.2) is 0 Å². The Balaban J connectivity index is 0.000000180. The van der Waals surface area contributed by atoms with Crippen LogP contribution in [0, 0.1) is 15.3 Å². The molecule has 8 nitrogen and oxygen atoms in total. The number of aromatic nitrogens is 3. The molecule has 2 N–H and O–H groups in total. The van der Waals surface area contributed by atoms with Crippen molar-refractivity contribution in [2.45, 2.75) is 0 Å². The average molecular weight is 146 g/mol. The van der Waals surface area contributed by atoms with Gasteiger partial charge in [-0.1, -0.05) is 0 Å². The van der Waals surface area contributed by atoms with E-state index in [4.69, 9.17) is 21.2 Å². The molecule has 0 unspecified atom stereocenters. The van der Waals surface area contributed by atoms with Gasteiger partial charge in [0, 0.05) is 0 Å². The van der Waals surface area contributed by atoms with E-state index < -0.39 is 5.09 Å². The van der Waals surface area contributed by atoms with Crippen molar-refractivity contribution in [3.05, 3.63) is 28.0 Å². The summed E-state index contributed by atoms with van der Waals surface area (Å²) >= 11 is 0. The lowest BCUT2D eigenvalue weighted by Gasteiger charge is -1.76. The second-order valence-corrected chi connectivity index (χ2v) is 1.13. The zero-order valence-electron chi connectivity index (χ0n) is 4.75. The molecule has 8 heteroatoms. The van der Waals surface area contributed by atoms with Gasteiger partial charge in [-0.25, -0.2) is 4.68 Å². The first kappa shape index (κ1) is 8.14. The van der Waals surface area contributed by atoms with Crippen LogP contribution in [0.3, 0.4) is 0 Å². The Kier molecular flexibility index (Phi) is 3.31. The van der Waals surface area contributed by atoms with E-state index in [0.717, 1.165) is 0 Å². The molecule has 0 bridgehead atoms. The van der Waals surface area contributed by atoms with E-state index in [2.05, 4.69) is 10.2 Å². The molecule has 0 aliphatic rings. The minimum absolute atomic E-state index is 1.28. The molecule has 1 aromatic rings. The van der Waals surface area contributed by atoms with Crippen LogP contribution in [0.25, 0.3) is 0 Å². The van der Waals surface area contributed by atoms with E-state index >= 15 is 0 Å². The van der Waals surface area contributed by atoms with Crippen molar-refractivity contribution in [2.75, 3.05) is 5.84 Å². The molecule has 1 heterocycles. The summed E-state index contributed by atoms with van der Waals surface area (Å²) in [5, 5.41) is 21.6. The fourth-order valence-electron chi connectivity index (χ4n) is 0.209. The number of nitrogens with two attached hydrogens (primary N) is 1. The highest BCUT2D eigenvalue weighted by Crippen LogP contribution is 1.61. The summed E-state index contributed by atoms with van der Waals surface area (Å²) < 4.78 is 1.28. The second-order valence-electron chi connectivity index (χ2n) is 1.13. The van der Waals surface area contributed by atoms with Crippen LogP contribution in [0.1, 0.15) is 0 Å². The standard InChI is InChI=1S/C2H4N4.NO3/c3-6-1-4-5-2-6;2-1(3)4/h1-2H,3H2;/q;-1. The molecule has 0 saturated heterocycles. The largest absolute Gasteiger partial charge is 0.356 e. The number of nitrogens with zero attached hydrogens (tertiary/aromatic N) is 4. The molecule has 0 saturated carbocycles. The summed E-state index contributed by atoms with van der Waals surface area (Å²) in [4.78, 5) is 8.25. The van der Waals surface area contributed by atoms with Gasteiger partial charge in [0.05, 0.1) is 5.09 Å². The highest BCUT2D eigenvalue weighted by atomic mass is 16.9. The van der Waals surface area contributed by atoms with E-state index in [1.165, 1.54) is 17.3 Å². The van der Waals surface area contributed by atoms with Gasteiger partial charge in [0.2, 0.25) is 0 Å². The Morgan fingerprint density at radius 3 is 1.80 bits per heavy atom. The molecule has 0 fully saturated rings. The van der Waals surface area contributed by atoms with Crippen LogP contribution >= 0.6 is 0 Å². The Hall–Kier alpha value is -1.86. The Labute approximate surface area is 55.0 Å². The Morgan fingerprint density at radius 1 is 1.40 bits per heavy atom. The van der Waals surface area contributed by atoms with Crippen molar-refractivity contribution in [1.82, 2.24) is 14.9 Å². The first-order valence-corrected chi connectivity index (χ1v) is 2.04. The van der Waals surface area contributed by atoms with Gasteiger partial charge in [-0.05, 0) is 0 Å². The maximum atomic E-state index is 8.25. The van der Waals surface area contributed by atoms with Crippen LogP contribution < -0.4 is 5.84 Å². The molecule has 0 aromatic carbocycles. The predicted molar refractivity (Wildman–Crippen MR) is 30.5 cm³/mol. The lowest BCUT2D eigenvalue weighted by molar-refractivity contribution is -0.402. The molecule has 0 aliphatic carbocycles. The number of hydrogen-bond donors (Lipinski definition) is 1. The normalized spacial score (nSPS) is 7.60. The maximum absolute atomic E-state index is 8.25. The van der Waals surface area contributed by atoms with Crippen LogP contribution in [0.15, 0.2) is 12.7 Å². The molecular weight excluding hydrogens is 142 g/mol. The van der Waals surface area contributed by atoms with E-state index in [1.807, 2.05) is 0 Å².